The molecule has 10 heteroatoms. The number of carboxylic acid groups (broad SMARTS) is 1. The highest BCUT2D eigenvalue weighted by Crippen LogP contribution is 2.25. The van der Waals surface area contributed by atoms with Crippen LogP contribution in [0.1, 0.15) is 61.6 Å². The fourth-order valence-electron chi connectivity index (χ4n) is 3.91. The number of halogens is 1. The third-order valence-corrected chi connectivity index (χ3v) is 5.92. The molecule has 188 valence electrons. The number of aromatic carboxylic acids is 1. The number of hydrogen-bond acceptors (Lipinski definition) is 6. The number of hydrogen-bond donors (Lipinski definition) is 3. The number of carbonyl (C=O) groups is 3. The molecule has 2 aromatic carbocycles. The molecule has 36 heavy (non-hydrogen) atoms. The van der Waals surface area contributed by atoms with Gasteiger partial charge in [0.2, 0.25) is 5.91 Å². The highest BCUT2D eigenvalue weighted by atomic mass is 19.1. The molecule has 0 aliphatic heterocycles. The van der Waals surface area contributed by atoms with Crippen molar-refractivity contribution in [3.63, 3.8) is 0 Å². The van der Waals surface area contributed by atoms with Crippen LogP contribution in [0.4, 0.5) is 4.39 Å². The van der Waals surface area contributed by atoms with Crippen molar-refractivity contribution in [3.05, 3.63) is 93.8 Å². The van der Waals surface area contributed by atoms with Gasteiger partial charge in [0.15, 0.2) is 0 Å². The fourth-order valence-corrected chi connectivity index (χ4v) is 3.91. The van der Waals surface area contributed by atoms with E-state index < -0.39 is 17.8 Å². The molecule has 3 aromatic rings. The third-order valence-electron chi connectivity index (χ3n) is 5.92. The van der Waals surface area contributed by atoms with Gasteiger partial charge in [0.1, 0.15) is 17.8 Å². The Morgan fingerprint density at radius 3 is 2.53 bits per heavy atom. The standard InChI is InChI=1S/C26H28FN5O4/c1-15-9-19(5-6-21(15)26(35)36)17(3)32(13-23(28)33)12-20-11-29-14-31-24(20)25(34)30-10-18-4-7-22(27)16(2)8-18/h4-9,11,14,17H,10,12-13H2,1-3H3,(H2,28,33)(H,30,34)(H,35,36)/t17-/m1/s1. The molecule has 1 aromatic heterocycles. The van der Waals surface area contributed by atoms with Gasteiger partial charge >= 0.3 is 5.97 Å². The lowest BCUT2D eigenvalue weighted by Gasteiger charge is -2.29. The van der Waals surface area contributed by atoms with Crippen LogP contribution in [0.5, 0.6) is 0 Å². The average molecular weight is 494 g/mol. The first-order valence-electron chi connectivity index (χ1n) is 11.2. The van der Waals surface area contributed by atoms with Crippen molar-refractivity contribution in [1.29, 1.82) is 0 Å². The molecule has 0 bridgehead atoms. The van der Waals surface area contributed by atoms with E-state index in [1.54, 1.807) is 43.0 Å². The number of aryl methyl sites for hydroxylation is 2. The van der Waals surface area contributed by atoms with Crippen LogP contribution in [-0.2, 0) is 17.9 Å². The number of carboxylic acids is 1. The molecule has 4 N–H and O–H groups in total. The zero-order chi connectivity index (χ0) is 26.4. The van der Waals surface area contributed by atoms with Gasteiger partial charge in [-0.3, -0.25) is 14.5 Å². The van der Waals surface area contributed by atoms with Crippen LogP contribution in [-0.4, -0.2) is 44.3 Å². The number of nitrogens with two attached hydrogens (primary N) is 1. The predicted octanol–water partition coefficient (Wildman–Crippen LogP) is 2.91. The maximum atomic E-state index is 13.5. The molecule has 0 spiro atoms. The second-order valence-electron chi connectivity index (χ2n) is 8.59. The topological polar surface area (TPSA) is 139 Å². The number of primary amides is 1. The van der Waals surface area contributed by atoms with E-state index in [0.717, 1.165) is 11.1 Å². The van der Waals surface area contributed by atoms with Crippen molar-refractivity contribution in [1.82, 2.24) is 20.2 Å². The second-order valence-corrected chi connectivity index (χ2v) is 8.59. The normalized spacial score (nSPS) is 11.8. The van der Waals surface area contributed by atoms with Crippen molar-refractivity contribution in [2.24, 2.45) is 5.73 Å². The summed E-state index contributed by atoms with van der Waals surface area (Å²) in [6.07, 6.45) is 2.76. The number of carbonyl (C=O) groups excluding carboxylic acids is 2. The quantitative estimate of drug-likeness (QED) is 0.395. The van der Waals surface area contributed by atoms with E-state index in [9.17, 15) is 23.9 Å². The van der Waals surface area contributed by atoms with Crippen molar-refractivity contribution >= 4 is 17.8 Å². The van der Waals surface area contributed by atoms with Gasteiger partial charge in [-0.15, -0.1) is 0 Å². The molecule has 0 aliphatic carbocycles. The monoisotopic (exact) mass is 493 g/mol. The predicted molar refractivity (Wildman–Crippen MR) is 130 cm³/mol. The molecule has 0 saturated carbocycles. The molecule has 0 aliphatic rings. The van der Waals surface area contributed by atoms with E-state index in [-0.39, 0.29) is 42.8 Å². The van der Waals surface area contributed by atoms with Gasteiger partial charge in [-0.2, -0.15) is 0 Å². The van der Waals surface area contributed by atoms with E-state index in [4.69, 9.17) is 5.73 Å². The highest BCUT2D eigenvalue weighted by molar-refractivity contribution is 5.93. The number of nitrogens with zero attached hydrogens (tertiary/aromatic N) is 3. The van der Waals surface area contributed by atoms with E-state index in [0.29, 0.717) is 16.7 Å². The number of amides is 2. The van der Waals surface area contributed by atoms with Gasteiger partial charge in [-0.05, 0) is 55.2 Å². The molecule has 1 atom stereocenters. The Balaban J connectivity index is 1.82. The first-order chi connectivity index (χ1) is 17.1. The molecule has 9 nitrogen and oxygen atoms in total. The number of rotatable bonds is 10. The second kappa shape index (κ2) is 11.5. The van der Waals surface area contributed by atoms with Crippen LogP contribution in [0, 0.1) is 19.7 Å². The average Bonchev–Trinajstić information content (AvgIpc) is 2.83. The smallest absolute Gasteiger partial charge is 0.335 e. The van der Waals surface area contributed by atoms with Crippen molar-refractivity contribution in [2.75, 3.05) is 6.54 Å². The van der Waals surface area contributed by atoms with Crippen LogP contribution in [0.15, 0.2) is 48.9 Å². The minimum absolute atomic E-state index is 0.105. The summed E-state index contributed by atoms with van der Waals surface area (Å²) in [7, 11) is 0. The minimum atomic E-state index is -1.02. The van der Waals surface area contributed by atoms with E-state index in [1.807, 2.05) is 6.92 Å². The number of nitrogens with one attached hydrogen (secondary N) is 1. The third kappa shape index (κ3) is 6.48. The molecule has 0 fully saturated rings. The van der Waals surface area contributed by atoms with Crippen molar-refractivity contribution < 1.29 is 23.9 Å². The van der Waals surface area contributed by atoms with Gasteiger partial charge in [0, 0.05) is 30.9 Å². The van der Waals surface area contributed by atoms with Crippen LogP contribution in [0.3, 0.4) is 0 Å². The first kappa shape index (κ1) is 26.4. The van der Waals surface area contributed by atoms with Crippen LogP contribution >= 0.6 is 0 Å². The SMILES string of the molecule is Cc1cc(CNC(=O)c2ncncc2CN(CC(N)=O)[C@H](C)c2ccc(C(=O)O)c(C)c2)ccc1F. The largest absolute Gasteiger partial charge is 0.478 e. The van der Waals surface area contributed by atoms with Gasteiger partial charge in [-0.1, -0.05) is 24.3 Å². The van der Waals surface area contributed by atoms with Crippen LogP contribution < -0.4 is 11.1 Å². The molecular formula is C26H28FN5O4. The highest BCUT2D eigenvalue weighted by Gasteiger charge is 2.23. The summed E-state index contributed by atoms with van der Waals surface area (Å²) in [4.78, 5) is 46.1. The first-order valence-corrected chi connectivity index (χ1v) is 11.2. The zero-order valence-electron chi connectivity index (χ0n) is 20.3. The summed E-state index contributed by atoms with van der Waals surface area (Å²) >= 11 is 0. The van der Waals surface area contributed by atoms with Gasteiger partial charge in [-0.25, -0.2) is 19.2 Å². The Hall–Kier alpha value is -4.18. The Labute approximate surface area is 208 Å². The maximum absolute atomic E-state index is 13.5. The van der Waals surface area contributed by atoms with Crippen LogP contribution in [0.25, 0.3) is 0 Å². The molecule has 0 unspecified atom stereocenters. The lowest BCUT2D eigenvalue weighted by Crippen LogP contribution is -2.36. The molecular weight excluding hydrogens is 465 g/mol. The Morgan fingerprint density at radius 1 is 1.14 bits per heavy atom. The van der Waals surface area contributed by atoms with E-state index >= 15 is 0 Å². The Morgan fingerprint density at radius 2 is 1.89 bits per heavy atom. The minimum Gasteiger partial charge on any atom is -0.478 e. The summed E-state index contributed by atoms with van der Waals surface area (Å²) in [5, 5.41) is 12.1. The van der Waals surface area contributed by atoms with Gasteiger partial charge in [0.25, 0.3) is 5.91 Å². The summed E-state index contributed by atoms with van der Waals surface area (Å²) < 4.78 is 13.5. The van der Waals surface area contributed by atoms with E-state index in [1.165, 1.54) is 24.7 Å². The van der Waals surface area contributed by atoms with Crippen molar-refractivity contribution in [3.8, 4) is 0 Å². The summed E-state index contributed by atoms with van der Waals surface area (Å²) in [5.74, 6) is -2.34. The lowest BCUT2D eigenvalue weighted by molar-refractivity contribution is -0.119. The van der Waals surface area contributed by atoms with Crippen molar-refractivity contribution in [2.45, 2.75) is 39.9 Å². The van der Waals surface area contributed by atoms with Crippen LogP contribution in [0.2, 0.25) is 0 Å². The summed E-state index contributed by atoms with van der Waals surface area (Å²) in [5.41, 5.74) is 8.90. The van der Waals surface area contributed by atoms with Gasteiger partial charge < -0.3 is 16.2 Å². The fraction of sp³-hybridized carbons (Fsp3) is 0.269. The van der Waals surface area contributed by atoms with E-state index in [2.05, 4.69) is 15.3 Å². The molecule has 1 heterocycles. The lowest BCUT2D eigenvalue weighted by atomic mass is 9.99. The summed E-state index contributed by atoms with van der Waals surface area (Å²) in [6.45, 7) is 5.43. The Bertz CT molecular complexity index is 1300. The molecule has 0 radical (unpaired) electrons. The molecule has 2 amide bonds. The number of aromatic nitrogens is 2. The zero-order valence-corrected chi connectivity index (χ0v) is 20.3. The molecule has 0 saturated heterocycles. The number of benzene rings is 2. The maximum Gasteiger partial charge on any atom is 0.335 e. The summed E-state index contributed by atoms with van der Waals surface area (Å²) in [6, 6.07) is 9.23. The van der Waals surface area contributed by atoms with Gasteiger partial charge in [0.05, 0.1) is 12.1 Å². The molecule has 3 rings (SSSR count). The Kier molecular flexibility index (Phi) is 8.44.